The molecule has 114 valence electrons. The average Bonchev–Trinajstić information content (AvgIpc) is 3.16. The molecule has 0 fully saturated rings. The summed E-state index contributed by atoms with van der Waals surface area (Å²) in [7, 11) is 0. The highest BCUT2D eigenvalue weighted by Gasteiger charge is 2.18. The molecule has 8 nitrogen and oxygen atoms in total. The molecule has 22 heavy (non-hydrogen) atoms. The minimum atomic E-state index is -0.974. The Labute approximate surface area is 125 Å². The molecule has 0 saturated heterocycles. The fourth-order valence-electron chi connectivity index (χ4n) is 2.26. The van der Waals surface area contributed by atoms with Crippen molar-refractivity contribution in [3.05, 3.63) is 41.2 Å². The molecule has 0 saturated carbocycles. The molecule has 3 aromatic heterocycles. The zero-order valence-electron chi connectivity index (χ0n) is 12.2. The van der Waals surface area contributed by atoms with Gasteiger partial charge >= 0.3 is 5.97 Å². The second-order valence-corrected chi connectivity index (χ2v) is 4.97. The lowest BCUT2D eigenvalue weighted by molar-refractivity contribution is -0.137. The summed E-state index contributed by atoms with van der Waals surface area (Å²) in [5, 5.41) is 20.3. The molecule has 3 heterocycles. The lowest BCUT2D eigenvalue weighted by atomic mass is 10.1. The molecule has 0 amide bonds. The maximum absolute atomic E-state index is 11.0. The number of aromatic nitrogens is 5. The van der Waals surface area contributed by atoms with Crippen molar-refractivity contribution in [2.75, 3.05) is 0 Å². The van der Waals surface area contributed by atoms with Gasteiger partial charge in [0.1, 0.15) is 12.4 Å². The maximum Gasteiger partial charge on any atom is 0.325 e. The molecule has 0 atom stereocenters. The third-order valence-corrected chi connectivity index (χ3v) is 3.39. The van der Waals surface area contributed by atoms with Crippen LogP contribution in [0, 0.1) is 13.8 Å². The molecule has 0 aromatic carbocycles. The first-order valence-corrected chi connectivity index (χ1v) is 6.74. The van der Waals surface area contributed by atoms with Gasteiger partial charge in [-0.1, -0.05) is 0 Å². The van der Waals surface area contributed by atoms with E-state index in [0.29, 0.717) is 23.8 Å². The van der Waals surface area contributed by atoms with E-state index in [1.165, 1.54) is 10.9 Å². The normalized spacial score (nSPS) is 11.0. The van der Waals surface area contributed by atoms with Gasteiger partial charge in [0.2, 0.25) is 5.82 Å². The first kappa shape index (κ1) is 14.1. The van der Waals surface area contributed by atoms with Crippen LogP contribution in [0.3, 0.4) is 0 Å². The predicted octanol–water partition coefficient (Wildman–Crippen LogP) is 1.55. The van der Waals surface area contributed by atoms with Crippen LogP contribution in [-0.4, -0.2) is 36.0 Å². The molecule has 0 radical (unpaired) electrons. The molecule has 2 N–H and O–H groups in total. The number of furan rings is 1. The van der Waals surface area contributed by atoms with Crippen LogP contribution < -0.4 is 0 Å². The second kappa shape index (κ2) is 5.47. The van der Waals surface area contributed by atoms with Gasteiger partial charge in [0.15, 0.2) is 5.76 Å². The van der Waals surface area contributed by atoms with Gasteiger partial charge in [0.25, 0.3) is 0 Å². The van der Waals surface area contributed by atoms with E-state index in [-0.39, 0.29) is 6.54 Å². The van der Waals surface area contributed by atoms with Gasteiger partial charge in [-0.15, -0.1) is 5.10 Å². The Balaban J connectivity index is 1.99. The molecule has 0 aliphatic heterocycles. The van der Waals surface area contributed by atoms with Gasteiger partial charge in [0.05, 0.1) is 12.0 Å². The van der Waals surface area contributed by atoms with E-state index in [1.54, 1.807) is 12.1 Å². The molecular formula is C14H15N5O3. The van der Waals surface area contributed by atoms with E-state index < -0.39 is 5.97 Å². The number of rotatable bonds is 5. The van der Waals surface area contributed by atoms with Crippen LogP contribution in [0.2, 0.25) is 0 Å². The van der Waals surface area contributed by atoms with Crippen molar-refractivity contribution in [1.82, 2.24) is 25.0 Å². The Bertz CT molecular complexity index is 781. The number of H-pyrrole nitrogens is 1. The topological polar surface area (TPSA) is 110 Å². The lowest BCUT2D eigenvalue weighted by Crippen LogP contribution is -2.14. The Morgan fingerprint density at radius 2 is 2.27 bits per heavy atom. The number of aliphatic carboxylic acids is 1. The maximum atomic E-state index is 11.0. The fourth-order valence-corrected chi connectivity index (χ4v) is 2.26. The van der Waals surface area contributed by atoms with Crippen LogP contribution in [0.15, 0.2) is 22.8 Å². The molecule has 0 aliphatic rings. The first-order chi connectivity index (χ1) is 10.5. The highest BCUT2D eigenvalue weighted by Crippen LogP contribution is 2.19. The molecule has 0 unspecified atom stereocenters. The van der Waals surface area contributed by atoms with Gasteiger partial charge < -0.3 is 9.52 Å². The third kappa shape index (κ3) is 2.62. The number of hydrogen-bond acceptors (Lipinski definition) is 5. The number of aryl methyl sites for hydroxylation is 2. The van der Waals surface area contributed by atoms with Crippen molar-refractivity contribution in [2.24, 2.45) is 0 Å². The standard InChI is InChI=1S/C14H15N5O3/c1-8-10(9(2)17-16-8)6-12-15-14(11-4-3-5-22-11)18-19(12)7-13(20)21/h3-5H,6-7H2,1-2H3,(H,16,17)(H,20,21). The van der Waals surface area contributed by atoms with Crippen molar-refractivity contribution in [1.29, 1.82) is 0 Å². The van der Waals surface area contributed by atoms with Crippen LogP contribution in [-0.2, 0) is 17.8 Å². The van der Waals surface area contributed by atoms with Gasteiger partial charge in [-0.2, -0.15) is 5.10 Å². The number of carboxylic acids is 1. The minimum Gasteiger partial charge on any atom is -0.480 e. The summed E-state index contributed by atoms with van der Waals surface area (Å²) >= 11 is 0. The summed E-state index contributed by atoms with van der Waals surface area (Å²) in [5.74, 6) is 0.463. The Morgan fingerprint density at radius 1 is 1.45 bits per heavy atom. The average molecular weight is 301 g/mol. The SMILES string of the molecule is Cc1n[nH]c(C)c1Cc1nc(-c2ccco2)nn1CC(=O)O. The van der Waals surface area contributed by atoms with Crippen molar-refractivity contribution >= 4 is 5.97 Å². The van der Waals surface area contributed by atoms with Crippen molar-refractivity contribution in [2.45, 2.75) is 26.8 Å². The Hall–Kier alpha value is -2.90. The molecule has 0 spiro atoms. The van der Waals surface area contributed by atoms with Crippen molar-refractivity contribution in [3.8, 4) is 11.6 Å². The van der Waals surface area contributed by atoms with E-state index >= 15 is 0 Å². The summed E-state index contributed by atoms with van der Waals surface area (Å²) < 4.78 is 6.65. The number of nitrogens with one attached hydrogen (secondary N) is 1. The minimum absolute atomic E-state index is 0.251. The Kier molecular flexibility index (Phi) is 3.50. The molecule has 3 aromatic rings. The molecule has 0 bridgehead atoms. The summed E-state index contributed by atoms with van der Waals surface area (Å²) in [4.78, 5) is 15.4. The number of nitrogens with zero attached hydrogens (tertiary/aromatic N) is 4. The van der Waals surface area contributed by atoms with Crippen LogP contribution in [0.1, 0.15) is 22.8 Å². The molecule has 3 rings (SSSR count). The highest BCUT2D eigenvalue weighted by molar-refractivity contribution is 5.66. The van der Waals surface area contributed by atoms with Gasteiger partial charge in [-0.05, 0) is 26.0 Å². The number of carbonyl (C=O) groups is 1. The second-order valence-electron chi connectivity index (χ2n) is 4.97. The summed E-state index contributed by atoms with van der Waals surface area (Å²) in [5.41, 5.74) is 2.79. The van der Waals surface area contributed by atoms with E-state index in [0.717, 1.165) is 17.0 Å². The first-order valence-electron chi connectivity index (χ1n) is 6.74. The van der Waals surface area contributed by atoms with E-state index in [9.17, 15) is 4.79 Å². The van der Waals surface area contributed by atoms with Crippen LogP contribution >= 0.6 is 0 Å². The van der Waals surface area contributed by atoms with E-state index in [1.807, 2.05) is 13.8 Å². The number of aromatic amines is 1. The summed E-state index contributed by atoms with van der Waals surface area (Å²) in [6.07, 6.45) is 1.98. The van der Waals surface area contributed by atoms with Crippen molar-refractivity contribution in [3.63, 3.8) is 0 Å². The zero-order valence-corrected chi connectivity index (χ0v) is 12.2. The van der Waals surface area contributed by atoms with Gasteiger partial charge in [0, 0.05) is 17.7 Å². The van der Waals surface area contributed by atoms with Gasteiger partial charge in [-0.25, -0.2) is 9.67 Å². The van der Waals surface area contributed by atoms with Gasteiger partial charge in [-0.3, -0.25) is 9.89 Å². The number of carboxylic acid groups (broad SMARTS) is 1. The van der Waals surface area contributed by atoms with Crippen LogP contribution in [0.5, 0.6) is 0 Å². The summed E-state index contributed by atoms with van der Waals surface area (Å²) in [6.45, 7) is 3.56. The highest BCUT2D eigenvalue weighted by atomic mass is 16.4. The fraction of sp³-hybridized carbons (Fsp3) is 0.286. The van der Waals surface area contributed by atoms with E-state index in [2.05, 4.69) is 20.3 Å². The van der Waals surface area contributed by atoms with E-state index in [4.69, 9.17) is 9.52 Å². The number of hydrogen-bond donors (Lipinski definition) is 2. The monoisotopic (exact) mass is 301 g/mol. The molecule has 8 heteroatoms. The Morgan fingerprint density at radius 3 is 2.86 bits per heavy atom. The summed E-state index contributed by atoms with van der Waals surface area (Å²) in [6, 6.07) is 3.47. The molecule has 0 aliphatic carbocycles. The zero-order chi connectivity index (χ0) is 15.7. The largest absolute Gasteiger partial charge is 0.480 e. The van der Waals surface area contributed by atoms with Crippen LogP contribution in [0.25, 0.3) is 11.6 Å². The lowest BCUT2D eigenvalue weighted by Gasteiger charge is -2.03. The van der Waals surface area contributed by atoms with Crippen LogP contribution in [0.4, 0.5) is 0 Å². The predicted molar refractivity (Wildman–Crippen MR) is 76.2 cm³/mol. The van der Waals surface area contributed by atoms with Crippen molar-refractivity contribution < 1.29 is 14.3 Å². The smallest absolute Gasteiger partial charge is 0.325 e. The third-order valence-electron chi connectivity index (χ3n) is 3.39. The molecular weight excluding hydrogens is 286 g/mol. The quantitative estimate of drug-likeness (QED) is 0.740.